The largest absolute Gasteiger partial charge is 0.363 e. The molecule has 1 aliphatic heterocycles. The molecule has 24 heavy (non-hydrogen) atoms. The number of anilines is 3. The highest BCUT2D eigenvalue weighted by atomic mass is 79.9. The fourth-order valence-electron chi connectivity index (χ4n) is 3.03. The molecule has 0 radical (unpaired) electrons. The average Bonchev–Trinajstić information content (AvgIpc) is 2.61. The van der Waals surface area contributed by atoms with Crippen LogP contribution in [-0.2, 0) is 0 Å². The predicted molar refractivity (Wildman–Crippen MR) is 102 cm³/mol. The number of rotatable bonds is 4. The summed E-state index contributed by atoms with van der Waals surface area (Å²) >= 11 is 3.62. The molecule has 3 heterocycles. The normalized spacial score (nSPS) is 17.7. The molecule has 0 aromatic carbocycles. The first-order chi connectivity index (χ1) is 11.6. The summed E-state index contributed by atoms with van der Waals surface area (Å²) in [5, 5.41) is 0. The number of pyridine rings is 1. The number of aromatic nitrogens is 3. The minimum absolute atomic E-state index is 0.401. The van der Waals surface area contributed by atoms with E-state index in [1.807, 2.05) is 43.4 Å². The molecule has 0 bridgehead atoms. The zero-order valence-electron chi connectivity index (χ0n) is 14.4. The van der Waals surface area contributed by atoms with Crippen LogP contribution < -0.4 is 14.7 Å². The maximum atomic E-state index is 4.53. The van der Waals surface area contributed by atoms with Crippen LogP contribution in [0, 0.1) is 0 Å². The van der Waals surface area contributed by atoms with Gasteiger partial charge in [0.2, 0.25) is 0 Å². The van der Waals surface area contributed by atoms with Crippen molar-refractivity contribution in [2.24, 2.45) is 0 Å². The molecule has 3 rings (SSSR count). The second-order valence-corrected chi connectivity index (χ2v) is 7.14. The van der Waals surface area contributed by atoms with E-state index < -0.39 is 0 Å². The lowest BCUT2D eigenvalue weighted by Crippen LogP contribution is -2.47. The van der Waals surface area contributed by atoms with Gasteiger partial charge in [-0.05, 0) is 40.9 Å². The Balaban J connectivity index is 1.77. The smallest absolute Gasteiger partial charge is 0.142 e. The summed E-state index contributed by atoms with van der Waals surface area (Å²) in [5.74, 6) is 2.90. The number of hydrogen-bond acceptors (Lipinski definition) is 6. The quantitative estimate of drug-likeness (QED) is 0.799. The molecule has 128 valence electrons. The van der Waals surface area contributed by atoms with Crippen LogP contribution in [0.15, 0.2) is 35.2 Å². The van der Waals surface area contributed by atoms with Crippen LogP contribution in [0.3, 0.4) is 0 Å². The number of halogens is 1. The van der Waals surface area contributed by atoms with Crippen molar-refractivity contribution in [2.75, 3.05) is 48.9 Å². The van der Waals surface area contributed by atoms with E-state index in [0.29, 0.717) is 6.04 Å². The fraction of sp³-hybridized carbons (Fsp3) is 0.471. The van der Waals surface area contributed by atoms with Crippen molar-refractivity contribution < 1.29 is 0 Å². The standard InChI is InChI=1S/C17H23BrN6/c1-22(2)15-10-16(21-12-20-15)23(3)13-6-5-9-24(11-13)17-14(18)7-4-8-19-17/h4,7-8,10,12-13H,5-6,9,11H2,1-3H3. The third-order valence-electron chi connectivity index (χ3n) is 4.44. The van der Waals surface area contributed by atoms with Gasteiger partial charge in [0.15, 0.2) is 0 Å². The molecule has 1 aliphatic rings. The summed E-state index contributed by atoms with van der Waals surface area (Å²) in [5.41, 5.74) is 0. The topological polar surface area (TPSA) is 48.4 Å². The fourth-order valence-corrected chi connectivity index (χ4v) is 3.54. The van der Waals surface area contributed by atoms with Gasteiger partial charge in [-0.15, -0.1) is 0 Å². The van der Waals surface area contributed by atoms with Crippen molar-refractivity contribution in [3.05, 3.63) is 35.2 Å². The molecular formula is C17H23BrN6. The molecular weight excluding hydrogens is 368 g/mol. The molecule has 2 aromatic rings. The number of hydrogen-bond donors (Lipinski definition) is 0. The molecule has 0 aliphatic carbocycles. The van der Waals surface area contributed by atoms with E-state index in [4.69, 9.17) is 0 Å². The lowest BCUT2D eigenvalue weighted by Gasteiger charge is -2.39. The van der Waals surface area contributed by atoms with Crippen molar-refractivity contribution in [3.63, 3.8) is 0 Å². The molecule has 1 atom stereocenters. The van der Waals surface area contributed by atoms with E-state index in [1.165, 1.54) is 0 Å². The number of nitrogens with zero attached hydrogens (tertiary/aromatic N) is 6. The highest BCUT2D eigenvalue weighted by molar-refractivity contribution is 9.10. The molecule has 0 saturated carbocycles. The molecule has 0 N–H and O–H groups in total. The van der Waals surface area contributed by atoms with Gasteiger partial charge in [0.1, 0.15) is 23.8 Å². The lowest BCUT2D eigenvalue weighted by atomic mass is 10.0. The van der Waals surface area contributed by atoms with Gasteiger partial charge >= 0.3 is 0 Å². The van der Waals surface area contributed by atoms with Crippen molar-refractivity contribution in [2.45, 2.75) is 18.9 Å². The molecule has 1 fully saturated rings. The van der Waals surface area contributed by atoms with E-state index in [2.05, 4.69) is 47.7 Å². The summed E-state index contributed by atoms with van der Waals surface area (Å²) in [6, 6.07) is 6.43. The van der Waals surface area contributed by atoms with Gasteiger partial charge in [-0.25, -0.2) is 15.0 Å². The number of piperidine rings is 1. The summed E-state index contributed by atoms with van der Waals surface area (Å²) in [6.07, 6.45) is 5.78. The Hall–Kier alpha value is -1.89. The van der Waals surface area contributed by atoms with Crippen LogP contribution in [0.25, 0.3) is 0 Å². The highest BCUT2D eigenvalue weighted by Gasteiger charge is 2.26. The second kappa shape index (κ2) is 7.34. The zero-order chi connectivity index (χ0) is 17.1. The Bertz CT molecular complexity index is 692. The first-order valence-corrected chi connectivity index (χ1v) is 8.93. The molecule has 0 spiro atoms. The van der Waals surface area contributed by atoms with Crippen LogP contribution in [-0.4, -0.2) is 55.2 Å². The van der Waals surface area contributed by atoms with Gasteiger partial charge < -0.3 is 14.7 Å². The molecule has 2 aromatic heterocycles. The van der Waals surface area contributed by atoms with Crippen molar-refractivity contribution in [1.29, 1.82) is 0 Å². The van der Waals surface area contributed by atoms with Gasteiger partial charge in [0, 0.05) is 52.5 Å². The van der Waals surface area contributed by atoms with Crippen LogP contribution in [0.5, 0.6) is 0 Å². The minimum Gasteiger partial charge on any atom is -0.363 e. The molecule has 0 amide bonds. The van der Waals surface area contributed by atoms with Gasteiger partial charge in [-0.3, -0.25) is 0 Å². The maximum Gasteiger partial charge on any atom is 0.142 e. The van der Waals surface area contributed by atoms with Crippen molar-refractivity contribution in [1.82, 2.24) is 15.0 Å². The summed E-state index contributed by atoms with van der Waals surface area (Å²) in [6.45, 7) is 1.97. The molecule has 7 heteroatoms. The first kappa shape index (κ1) is 17.0. The van der Waals surface area contributed by atoms with Crippen LogP contribution in [0.4, 0.5) is 17.5 Å². The molecule has 6 nitrogen and oxygen atoms in total. The SMILES string of the molecule is CN(C)c1cc(N(C)C2CCCN(c3ncccc3Br)C2)ncn1. The zero-order valence-corrected chi connectivity index (χ0v) is 15.9. The van der Waals surface area contributed by atoms with Crippen LogP contribution in [0.1, 0.15) is 12.8 Å². The van der Waals surface area contributed by atoms with Crippen molar-refractivity contribution in [3.8, 4) is 0 Å². The lowest BCUT2D eigenvalue weighted by molar-refractivity contribution is 0.483. The monoisotopic (exact) mass is 390 g/mol. The predicted octanol–water partition coefficient (Wildman–Crippen LogP) is 2.81. The van der Waals surface area contributed by atoms with Gasteiger partial charge in [0.05, 0.1) is 4.47 Å². The Kier molecular flexibility index (Phi) is 5.18. The molecule has 1 saturated heterocycles. The third-order valence-corrected chi connectivity index (χ3v) is 5.06. The van der Waals surface area contributed by atoms with Gasteiger partial charge in [-0.2, -0.15) is 0 Å². The van der Waals surface area contributed by atoms with Crippen molar-refractivity contribution >= 4 is 33.4 Å². The average molecular weight is 391 g/mol. The van der Waals surface area contributed by atoms with E-state index in [9.17, 15) is 0 Å². The van der Waals surface area contributed by atoms with Gasteiger partial charge in [-0.1, -0.05) is 0 Å². The number of likely N-dealkylation sites (N-methyl/N-ethyl adjacent to an activating group) is 1. The Morgan fingerprint density at radius 2 is 1.96 bits per heavy atom. The second-order valence-electron chi connectivity index (χ2n) is 6.29. The Morgan fingerprint density at radius 1 is 1.17 bits per heavy atom. The summed E-state index contributed by atoms with van der Waals surface area (Å²) < 4.78 is 1.05. The van der Waals surface area contributed by atoms with Crippen LogP contribution >= 0.6 is 15.9 Å². The summed E-state index contributed by atoms with van der Waals surface area (Å²) in [7, 11) is 6.10. The highest BCUT2D eigenvalue weighted by Crippen LogP contribution is 2.28. The van der Waals surface area contributed by atoms with E-state index >= 15 is 0 Å². The maximum absolute atomic E-state index is 4.53. The van der Waals surface area contributed by atoms with E-state index in [-0.39, 0.29) is 0 Å². The molecule has 1 unspecified atom stereocenters. The third kappa shape index (κ3) is 3.61. The van der Waals surface area contributed by atoms with Gasteiger partial charge in [0.25, 0.3) is 0 Å². The summed E-state index contributed by atoms with van der Waals surface area (Å²) in [4.78, 5) is 19.9. The van der Waals surface area contributed by atoms with E-state index in [0.717, 1.165) is 47.9 Å². The first-order valence-electron chi connectivity index (χ1n) is 8.14. The van der Waals surface area contributed by atoms with Crippen LogP contribution in [0.2, 0.25) is 0 Å². The Morgan fingerprint density at radius 3 is 2.71 bits per heavy atom. The van der Waals surface area contributed by atoms with E-state index in [1.54, 1.807) is 6.33 Å². The minimum atomic E-state index is 0.401. The Labute approximate surface area is 151 Å².